The average Bonchev–Trinajstić information content (AvgIpc) is 2.40. The van der Waals surface area contributed by atoms with Crippen molar-refractivity contribution in [3.63, 3.8) is 0 Å². The van der Waals surface area contributed by atoms with Gasteiger partial charge in [-0.15, -0.1) is 0 Å². The van der Waals surface area contributed by atoms with Crippen molar-refractivity contribution in [2.75, 3.05) is 5.73 Å². The van der Waals surface area contributed by atoms with Crippen LogP contribution in [0.4, 0.5) is 10.1 Å². The highest BCUT2D eigenvalue weighted by Gasteiger charge is 2.28. The van der Waals surface area contributed by atoms with E-state index in [0.29, 0.717) is 5.92 Å². The first-order valence-corrected chi connectivity index (χ1v) is 8.98. The number of hydrogen-bond acceptors (Lipinski definition) is 3. The lowest BCUT2D eigenvalue weighted by atomic mass is 9.84. The zero-order chi connectivity index (χ0) is 15.5. The van der Waals surface area contributed by atoms with Gasteiger partial charge in [-0.1, -0.05) is 25.8 Å². The Morgan fingerprint density at radius 1 is 1.29 bits per heavy atom. The van der Waals surface area contributed by atoms with Crippen LogP contribution in [0.2, 0.25) is 0 Å². The summed E-state index contributed by atoms with van der Waals surface area (Å²) in [6, 6.07) is 3.79. The van der Waals surface area contributed by atoms with E-state index >= 15 is 0 Å². The van der Waals surface area contributed by atoms with Crippen molar-refractivity contribution >= 4 is 15.7 Å². The van der Waals surface area contributed by atoms with Gasteiger partial charge in [0, 0.05) is 6.04 Å². The molecular formula is C15H23FN2O2S. The fraction of sp³-hybridized carbons (Fsp3) is 0.600. The lowest BCUT2D eigenvalue weighted by Crippen LogP contribution is -2.38. The average molecular weight is 314 g/mol. The SMILES string of the molecule is CCCC1CCC(NS(=O)(=O)c2c(N)cccc2F)CC1. The number of benzene rings is 1. The van der Waals surface area contributed by atoms with E-state index in [1.54, 1.807) is 0 Å². The third kappa shape index (κ3) is 3.95. The second kappa shape index (κ2) is 6.75. The van der Waals surface area contributed by atoms with Gasteiger partial charge >= 0.3 is 0 Å². The summed E-state index contributed by atoms with van der Waals surface area (Å²) in [7, 11) is -3.90. The van der Waals surface area contributed by atoms with Gasteiger partial charge in [0.05, 0.1) is 5.69 Å². The highest BCUT2D eigenvalue weighted by atomic mass is 32.2. The quantitative estimate of drug-likeness (QED) is 0.821. The van der Waals surface area contributed by atoms with E-state index in [4.69, 9.17) is 5.73 Å². The second-order valence-electron chi connectivity index (χ2n) is 5.79. The molecule has 1 saturated carbocycles. The Balaban J connectivity index is 2.06. The lowest BCUT2D eigenvalue weighted by Gasteiger charge is -2.28. The summed E-state index contributed by atoms with van der Waals surface area (Å²) in [5, 5.41) is 0. The molecule has 118 valence electrons. The minimum absolute atomic E-state index is 0.0535. The van der Waals surface area contributed by atoms with Crippen LogP contribution in [0.3, 0.4) is 0 Å². The number of nitrogen functional groups attached to an aromatic ring is 1. The Morgan fingerprint density at radius 3 is 2.52 bits per heavy atom. The van der Waals surface area contributed by atoms with Gasteiger partial charge < -0.3 is 5.73 Å². The molecule has 0 unspecified atom stereocenters. The largest absolute Gasteiger partial charge is 0.398 e. The summed E-state index contributed by atoms with van der Waals surface area (Å²) in [5.74, 6) is -0.114. The monoisotopic (exact) mass is 314 g/mol. The van der Waals surface area contributed by atoms with Gasteiger partial charge in [-0.2, -0.15) is 0 Å². The molecule has 1 aromatic carbocycles. The van der Waals surface area contributed by atoms with Crippen molar-refractivity contribution in [3.8, 4) is 0 Å². The third-order valence-electron chi connectivity index (χ3n) is 4.13. The van der Waals surface area contributed by atoms with Crippen LogP contribution in [0.15, 0.2) is 23.1 Å². The van der Waals surface area contributed by atoms with E-state index in [1.165, 1.54) is 18.6 Å². The van der Waals surface area contributed by atoms with Gasteiger partial charge in [-0.05, 0) is 43.7 Å². The maximum Gasteiger partial charge on any atom is 0.245 e. The molecule has 1 aliphatic carbocycles. The van der Waals surface area contributed by atoms with Gasteiger partial charge in [0.2, 0.25) is 10.0 Å². The van der Waals surface area contributed by atoms with Crippen LogP contribution in [0, 0.1) is 11.7 Å². The number of anilines is 1. The van der Waals surface area contributed by atoms with E-state index in [2.05, 4.69) is 11.6 Å². The first-order valence-electron chi connectivity index (χ1n) is 7.50. The minimum Gasteiger partial charge on any atom is -0.398 e. The Bertz CT molecular complexity index is 561. The smallest absolute Gasteiger partial charge is 0.245 e. The van der Waals surface area contributed by atoms with Crippen molar-refractivity contribution in [1.82, 2.24) is 4.72 Å². The molecule has 1 aliphatic rings. The van der Waals surface area contributed by atoms with Gasteiger partial charge in [-0.25, -0.2) is 17.5 Å². The zero-order valence-corrected chi connectivity index (χ0v) is 13.1. The molecule has 1 aromatic rings. The minimum atomic E-state index is -3.90. The van der Waals surface area contributed by atoms with Crippen LogP contribution in [0.1, 0.15) is 45.4 Å². The molecule has 0 atom stereocenters. The van der Waals surface area contributed by atoms with Crippen molar-refractivity contribution in [2.45, 2.75) is 56.4 Å². The molecule has 4 nitrogen and oxygen atoms in total. The van der Waals surface area contributed by atoms with Crippen LogP contribution in [0.25, 0.3) is 0 Å². The molecular weight excluding hydrogens is 291 g/mol. The molecule has 0 aliphatic heterocycles. The number of rotatable bonds is 5. The van der Waals surface area contributed by atoms with Gasteiger partial charge in [0.15, 0.2) is 0 Å². The number of hydrogen-bond donors (Lipinski definition) is 2. The van der Waals surface area contributed by atoms with Crippen molar-refractivity contribution < 1.29 is 12.8 Å². The van der Waals surface area contributed by atoms with Crippen LogP contribution in [-0.4, -0.2) is 14.5 Å². The van der Waals surface area contributed by atoms with Crippen molar-refractivity contribution in [1.29, 1.82) is 0 Å². The van der Waals surface area contributed by atoms with E-state index in [-0.39, 0.29) is 11.7 Å². The fourth-order valence-corrected chi connectivity index (χ4v) is 4.56. The van der Waals surface area contributed by atoms with Gasteiger partial charge in [-0.3, -0.25) is 0 Å². The summed E-state index contributed by atoms with van der Waals surface area (Å²) < 4.78 is 41.0. The number of nitrogens with one attached hydrogen (secondary N) is 1. The Labute approximate surface area is 126 Å². The third-order valence-corrected chi connectivity index (χ3v) is 5.74. The normalized spacial score (nSPS) is 23.1. The molecule has 0 aromatic heterocycles. The maximum atomic E-state index is 13.8. The molecule has 0 bridgehead atoms. The van der Waals surface area contributed by atoms with E-state index in [0.717, 1.165) is 38.2 Å². The first-order chi connectivity index (χ1) is 9.94. The molecule has 0 heterocycles. The topological polar surface area (TPSA) is 72.2 Å². The summed E-state index contributed by atoms with van der Waals surface area (Å²) in [6.07, 6.45) is 6.00. The Hall–Kier alpha value is -1.14. The highest BCUT2D eigenvalue weighted by Crippen LogP contribution is 2.29. The fourth-order valence-electron chi connectivity index (χ4n) is 3.06. The van der Waals surface area contributed by atoms with E-state index < -0.39 is 20.7 Å². The Kier molecular flexibility index (Phi) is 5.22. The lowest BCUT2D eigenvalue weighted by molar-refractivity contribution is 0.297. The van der Waals surface area contributed by atoms with Crippen LogP contribution in [0.5, 0.6) is 0 Å². The highest BCUT2D eigenvalue weighted by molar-refractivity contribution is 7.89. The first kappa shape index (κ1) is 16.2. The number of halogens is 1. The van der Waals surface area contributed by atoms with E-state index in [9.17, 15) is 12.8 Å². The zero-order valence-electron chi connectivity index (χ0n) is 12.3. The predicted octanol–water partition coefficient (Wildman–Crippen LogP) is 3.05. The summed E-state index contributed by atoms with van der Waals surface area (Å²) in [4.78, 5) is -0.430. The molecule has 2 rings (SSSR count). The van der Waals surface area contributed by atoms with Crippen molar-refractivity contribution in [3.05, 3.63) is 24.0 Å². The molecule has 0 saturated heterocycles. The molecule has 0 amide bonds. The standard InChI is InChI=1S/C15H23FN2O2S/c1-2-4-11-7-9-12(10-8-11)18-21(19,20)15-13(16)5-3-6-14(15)17/h3,5-6,11-12,18H,2,4,7-10,17H2,1H3. The summed E-state index contributed by atoms with van der Waals surface area (Å²) in [5.41, 5.74) is 5.56. The summed E-state index contributed by atoms with van der Waals surface area (Å²) >= 11 is 0. The Morgan fingerprint density at radius 2 is 1.95 bits per heavy atom. The molecule has 0 radical (unpaired) electrons. The van der Waals surface area contributed by atoms with Crippen LogP contribution in [-0.2, 0) is 10.0 Å². The predicted molar refractivity (Wildman–Crippen MR) is 81.8 cm³/mol. The molecule has 0 spiro atoms. The number of nitrogens with two attached hydrogens (primary N) is 1. The van der Waals surface area contributed by atoms with E-state index in [1.807, 2.05) is 0 Å². The molecule has 1 fully saturated rings. The molecule has 21 heavy (non-hydrogen) atoms. The van der Waals surface area contributed by atoms with Crippen molar-refractivity contribution in [2.24, 2.45) is 5.92 Å². The summed E-state index contributed by atoms with van der Waals surface area (Å²) in [6.45, 7) is 2.16. The second-order valence-corrected chi connectivity index (χ2v) is 7.44. The molecule has 3 N–H and O–H groups in total. The maximum absolute atomic E-state index is 13.8. The number of sulfonamides is 1. The van der Waals surface area contributed by atoms with Crippen LogP contribution < -0.4 is 10.5 Å². The van der Waals surface area contributed by atoms with Gasteiger partial charge in [0.25, 0.3) is 0 Å². The van der Waals surface area contributed by atoms with Crippen LogP contribution >= 0.6 is 0 Å². The molecule has 6 heteroatoms. The van der Waals surface area contributed by atoms with Gasteiger partial charge in [0.1, 0.15) is 10.7 Å².